The van der Waals surface area contributed by atoms with Crippen LogP contribution in [0.15, 0.2) is 12.2 Å². The number of nitrogens with one attached hydrogen (secondary N) is 2. The zero-order chi connectivity index (χ0) is 14.5. The Kier molecular flexibility index (Phi) is 10.3. The normalized spacial score (nSPS) is 10.4. The predicted octanol–water partition coefficient (Wildman–Crippen LogP) is -0.355. The maximum atomic E-state index is 11.3. The molecule has 0 aliphatic rings. The van der Waals surface area contributed by atoms with E-state index >= 15 is 0 Å². The Balaban J connectivity index is 3.70. The minimum atomic E-state index is -0.169. The number of allylic oxidation sites excluding steroid dienone is 1. The average molecular weight is 270 g/mol. The van der Waals surface area contributed by atoms with Crippen molar-refractivity contribution < 1.29 is 14.4 Å². The second-order valence-corrected chi connectivity index (χ2v) is 4.05. The molecule has 7 nitrogen and oxygen atoms in total. The zero-order valence-electron chi connectivity index (χ0n) is 11.2. The van der Waals surface area contributed by atoms with Crippen molar-refractivity contribution in [3.63, 3.8) is 0 Å². The van der Waals surface area contributed by atoms with Crippen molar-refractivity contribution in [1.29, 1.82) is 0 Å². The maximum Gasteiger partial charge on any atom is 0.235 e. The highest BCUT2D eigenvalue weighted by atomic mass is 16.2. The van der Waals surface area contributed by atoms with Crippen LogP contribution in [0.25, 0.3) is 0 Å². The monoisotopic (exact) mass is 270 g/mol. The molecule has 108 valence electrons. The van der Waals surface area contributed by atoms with Gasteiger partial charge in [0, 0.05) is 13.0 Å². The van der Waals surface area contributed by atoms with Gasteiger partial charge in [0.25, 0.3) is 0 Å². The highest BCUT2D eigenvalue weighted by Gasteiger charge is 2.06. The molecule has 0 aliphatic heterocycles. The van der Waals surface area contributed by atoms with Crippen molar-refractivity contribution in [3.05, 3.63) is 12.2 Å². The number of carbonyl (C=O) groups excluding carboxylic acids is 3. The maximum absolute atomic E-state index is 11.3. The van der Waals surface area contributed by atoms with Crippen molar-refractivity contribution in [2.75, 3.05) is 13.1 Å². The van der Waals surface area contributed by atoms with Gasteiger partial charge in [0.1, 0.15) is 0 Å². The van der Waals surface area contributed by atoms with Gasteiger partial charge < -0.3 is 4.90 Å². The molecule has 0 atom stereocenters. The van der Waals surface area contributed by atoms with Crippen molar-refractivity contribution in [3.8, 4) is 0 Å². The van der Waals surface area contributed by atoms with Crippen molar-refractivity contribution >= 4 is 18.1 Å². The molecule has 4 N–H and O–H groups in total. The van der Waals surface area contributed by atoms with E-state index in [0.29, 0.717) is 25.8 Å². The van der Waals surface area contributed by atoms with Crippen LogP contribution in [0.1, 0.15) is 32.6 Å². The summed E-state index contributed by atoms with van der Waals surface area (Å²) in [6.07, 6.45) is 6.42. The topological polar surface area (TPSA) is 105 Å². The number of unbranched alkanes of at least 4 members (excludes halogenated alkanes) is 2. The van der Waals surface area contributed by atoms with Gasteiger partial charge in [-0.05, 0) is 25.8 Å². The molecule has 0 aromatic rings. The summed E-state index contributed by atoms with van der Waals surface area (Å²) in [5.41, 5.74) is 4.34. The first-order chi connectivity index (χ1) is 9.13. The molecule has 0 unspecified atom stereocenters. The zero-order valence-corrected chi connectivity index (χ0v) is 11.2. The van der Waals surface area contributed by atoms with Crippen LogP contribution in [0.3, 0.4) is 0 Å². The van der Waals surface area contributed by atoms with Gasteiger partial charge in [-0.15, -0.1) is 0 Å². The summed E-state index contributed by atoms with van der Waals surface area (Å²) in [7, 11) is 0. The molecule has 7 heteroatoms. The SMILES string of the molecule is C/C=C\C(=O)CN(C=O)CCCCCC(=O)NNN. The van der Waals surface area contributed by atoms with Crippen LogP contribution in [0.5, 0.6) is 0 Å². The average Bonchev–Trinajstić information content (AvgIpc) is 2.37. The fourth-order valence-corrected chi connectivity index (χ4v) is 1.53. The van der Waals surface area contributed by atoms with Crippen molar-refractivity contribution in [2.45, 2.75) is 32.6 Å². The summed E-state index contributed by atoms with van der Waals surface area (Å²) in [5, 5.41) is 0. The molecule has 0 heterocycles. The van der Waals surface area contributed by atoms with Crippen LogP contribution in [0.2, 0.25) is 0 Å². The van der Waals surface area contributed by atoms with Gasteiger partial charge >= 0.3 is 0 Å². The molecular formula is C12H22N4O3. The molecule has 0 fully saturated rings. The van der Waals surface area contributed by atoms with Gasteiger partial charge in [-0.25, -0.2) is 0 Å². The van der Waals surface area contributed by atoms with E-state index in [1.807, 2.05) is 0 Å². The Labute approximate surface area is 113 Å². The fourth-order valence-electron chi connectivity index (χ4n) is 1.53. The van der Waals surface area contributed by atoms with Gasteiger partial charge in [-0.2, -0.15) is 5.53 Å². The summed E-state index contributed by atoms with van der Waals surface area (Å²) >= 11 is 0. The molecule has 0 aliphatic carbocycles. The molecule has 0 saturated carbocycles. The van der Waals surface area contributed by atoms with E-state index in [9.17, 15) is 14.4 Å². The minimum absolute atomic E-state index is 0.0944. The van der Waals surface area contributed by atoms with E-state index in [1.54, 1.807) is 13.0 Å². The largest absolute Gasteiger partial charge is 0.338 e. The van der Waals surface area contributed by atoms with E-state index in [1.165, 1.54) is 11.0 Å². The standard InChI is InChI=1S/C12H22N4O3/c1-2-6-11(18)9-16(10-17)8-5-3-4-7-12(19)14-15-13/h2,6,10,15H,3-5,7-9,13H2,1H3,(H,14,19)/b6-2-. The molecule has 0 aromatic heterocycles. The van der Waals surface area contributed by atoms with Crippen LogP contribution in [0.4, 0.5) is 0 Å². The minimum Gasteiger partial charge on any atom is -0.338 e. The molecule has 0 saturated heterocycles. The highest BCUT2D eigenvalue weighted by molar-refractivity contribution is 5.92. The lowest BCUT2D eigenvalue weighted by Crippen LogP contribution is -2.42. The molecule has 0 bridgehead atoms. The first-order valence-electron chi connectivity index (χ1n) is 6.23. The summed E-state index contributed by atoms with van der Waals surface area (Å²) in [4.78, 5) is 34.5. The Hall–Kier alpha value is -1.73. The third-order valence-electron chi connectivity index (χ3n) is 2.42. The van der Waals surface area contributed by atoms with Gasteiger partial charge in [0.05, 0.1) is 6.54 Å². The second-order valence-electron chi connectivity index (χ2n) is 4.05. The van der Waals surface area contributed by atoms with Crippen LogP contribution in [0, 0.1) is 0 Å². The lowest BCUT2D eigenvalue weighted by Gasteiger charge is -2.15. The van der Waals surface area contributed by atoms with Crippen LogP contribution < -0.4 is 16.8 Å². The van der Waals surface area contributed by atoms with Crippen molar-refractivity contribution in [1.82, 2.24) is 15.9 Å². The molecule has 19 heavy (non-hydrogen) atoms. The van der Waals surface area contributed by atoms with E-state index in [-0.39, 0.29) is 18.2 Å². The fraction of sp³-hybridized carbons (Fsp3) is 0.583. The number of nitrogens with zero attached hydrogens (tertiary/aromatic N) is 1. The molecule has 2 amide bonds. The number of nitrogens with two attached hydrogens (primary N) is 1. The molecule has 0 radical (unpaired) electrons. The summed E-state index contributed by atoms with van der Waals surface area (Å²) in [6.45, 7) is 2.37. The Bertz CT molecular complexity index is 318. The summed E-state index contributed by atoms with van der Waals surface area (Å²) in [5.74, 6) is 4.66. The van der Waals surface area contributed by atoms with Gasteiger partial charge in [-0.3, -0.25) is 25.7 Å². The number of amides is 2. The van der Waals surface area contributed by atoms with Crippen LogP contribution in [-0.2, 0) is 14.4 Å². The molecular weight excluding hydrogens is 248 g/mol. The molecule has 0 spiro atoms. The second kappa shape index (κ2) is 11.4. The Morgan fingerprint density at radius 3 is 2.58 bits per heavy atom. The van der Waals surface area contributed by atoms with Crippen LogP contribution >= 0.6 is 0 Å². The first-order valence-corrected chi connectivity index (χ1v) is 6.23. The van der Waals surface area contributed by atoms with Gasteiger partial charge in [-0.1, -0.05) is 12.5 Å². The Morgan fingerprint density at radius 1 is 1.26 bits per heavy atom. The van der Waals surface area contributed by atoms with E-state index in [4.69, 9.17) is 5.84 Å². The first kappa shape index (κ1) is 17.3. The van der Waals surface area contributed by atoms with E-state index < -0.39 is 0 Å². The lowest BCUT2D eigenvalue weighted by molar-refractivity contribution is -0.124. The molecule has 0 aromatic carbocycles. The number of rotatable bonds is 11. The van der Waals surface area contributed by atoms with Gasteiger partial charge in [0.2, 0.25) is 12.3 Å². The van der Waals surface area contributed by atoms with Gasteiger partial charge in [0.15, 0.2) is 5.78 Å². The van der Waals surface area contributed by atoms with E-state index in [0.717, 1.165) is 12.8 Å². The summed E-state index contributed by atoms with van der Waals surface area (Å²) < 4.78 is 0. The number of hydrogen-bond donors (Lipinski definition) is 3. The molecule has 0 rings (SSSR count). The summed E-state index contributed by atoms with van der Waals surface area (Å²) in [6, 6.07) is 0. The predicted molar refractivity (Wildman–Crippen MR) is 71.4 cm³/mol. The number of hydrazine groups is 2. The number of ketones is 1. The lowest BCUT2D eigenvalue weighted by atomic mass is 10.2. The third-order valence-corrected chi connectivity index (χ3v) is 2.42. The third kappa shape index (κ3) is 9.93. The highest BCUT2D eigenvalue weighted by Crippen LogP contribution is 2.01. The Morgan fingerprint density at radius 2 is 2.00 bits per heavy atom. The quantitative estimate of drug-likeness (QED) is 0.156. The number of carbonyl (C=O) groups is 3. The smallest absolute Gasteiger partial charge is 0.235 e. The van der Waals surface area contributed by atoms with E-state index in [2.05, 4.69) is 11.0 Å². The number of hydrogen-bond acceptors (Lipinski definition) is 5. The van der Waals surface area contributed by atoms with Crippen molar-refractivity contribution in [2.24, 2.45) is 5.84 Å². The van der Waals surface area contributed by atoms with Crippen LogP contribution in [-0.4, -0.2) is 36.1 Å².